The van der Waals surface area contributed by atoms with Crippen molar-refractivity contribution in [2.24, 2.45) is 0 Å². The van der Waals surface area contributed by atoms with Gasteiger partial charge in [0.05, 0.1) is 0 Å². The Hall–Kier alpha value is -0.870. The highest BCUT2D eigenvalue weighted by Crippen LogP contribution is 2.17. The van der Waals surface area contributed by atoms with E-state index in [-0.39, 0.29) is 5.91 Å². The Labute approximate surface area is 110 Å². The van der Waals surface area contributed by atoms with Crippen molar-refractivity contribution in [1.29, 1.82) is 0 Å². The summed E-state index contributed by atoms with van der Waals surface area (Å²) in [5.74, 6) is 0.176. The molecular formula is C13H17BrN2O. The van der Waals surface area contributed by atoms with Crippen molar-refractivity contribution in [1.82, 2.24) is 10.6 Å². The predicted molar refractivity (Wildman–Crippen MR) is 71.8 cm³/mol. The number of halogens is 1. The van der Waals surface area contributed by atoms with Gasteiger partial charge in [-0.2, -0.15) is 0 Å². The lowest BCUT2D eigenvalue weighted by Crippen LogP contribution is -2.35. The van der Waals surface area contributed by atoms with Gasteiger partial charge in [0.15, 0.2) is 0 Å². The van der Waals surface area contributed by atoms with Crippen molar-refractivity contribution in [3.8, 4) is 0 Å². The second kappa shape index (κ2) is 5.65. The van der Waals surface area contributed by atoms with Crippen molar-refractivity contribution in [2.75, 3.05) is 6.54 Å². The normalized spacial score (nSPS) is 19.4. The van der Waals surface area contributed by atoms with Crippen molar-refractivity contribution in [3.63, 3.8) is 0 Å². The molecule has 1 aliphatic rings. The molecule has 1 atom stereocenters. The van der Waals surface area contributed by atoms with E-state index in [0.29, 0.717) is 12.5 Å². The first-order valence-electron chi connectivity index (χ1n) is 5.90. The minimum Gasteiger partial charge on any atom is -0.352 e. The van der Waals surface area contributed by atoms with Crippen LogP contribution in [0.4, 0.5) is 0 Å². The molecule has 1 aromatic carbocycles. The molecule has 3 nitrogen and oxygen atoms in total. The largest absolute Gasteiger partial charge is 0.352 e. The van der Waals surface area contributed by atoms with Crippen LogP contribution in [0.3, 0.4) is 0 Å². The smallest absolute Gasteiger partial charge is 0.220 e. The third-order valence-corrected chi connectivity index (χ3v) is 3.90. The van der Waals surface area contributed by atoms with Gasteiger partial charge in [0, 0.05) is 30.0 Å². The van der Waals surface area contributed by atoms with E-state index in [4.69, 9.17) is 0 Å². The molecule has 0 saturated carbocycles. The molecule has 92 valence electrons. The molecule has 1 saturated heterocycles. The van der Waals surface area contributed by atoms with Crippen LogP contribution in [-0.4, -0.2) is 18.5 Å². The lowest BCUT2D eigenvalue weighted by Gasteiger charge is -2.11. The molecule has 0 radical (unpaired) electrons. The van der Waals surface area contributed by atoms with Crippen LogP contribution in [-0.2, 0) is 11.3 Å². The summed E-state index contributed by atoms with van der Waals surface area (Å²) in [5.41, 5.74) is 2.50. The zero-order chi connectivity index (χ0) is 12.3. The summed E-state index contributed by atoms with van der Waals surface area (Å²) in [5, 5.41) is 6.33. The maximum atomic E-state index is 11.0. The number of benzene rings is 1. The summed E-state index contributed by atoms with van der Waals surface area (Å²) in [6.07, 6.45) is 1.62. The van der Waals surface area contributed by atoms with Gasteiger partial charge < -0.3 is 10.6 Å². The Morgan fingerprint density at radius 1 is 1.53 bits per heavy atom. The average molecular weight is 297 g/mol. The molecule has 17 heavy (non-hydrogen) atoms. The number of hydrogen-bond donors (Lipinski definition) is 2. The average Bonchev–Trinajstić information content (AvgIpc) is 2.70. The number of amides is 1. The Morgan fingerprint density at radius 2 is 2.35 bits per heavy atom. The van der Waals surface area contributed by atoms with E-state index < -0.39 is 0 Å². The maximum absolute atomic E-state index is 11.0. The van der Waals surface area contributed by atoms with Gasteiger partial charge in [-0.05, 0) is 30.5 Å². The molecule has 1 fully saturated rings. The zero-order valence-corrected chi connectivity index (χ0v) is 11.5. The highest BCUT2D eigenvalue weighted by Gasteiger charge is 2.19. The second-order valence-corrected chi connectivity index (χ2v) is 5.37. The van der Waals surface area contributed by atoms with E-state index in [0.717, 1.165) is 24.0 Å². The Kier molecular flexibility index (Phi) is 4.18. The molecule has 1 aromatic rings. The van der Waals surface area contributed by atoms with Gasteiger partial charge in [0.1, 0.15) is 0 Å². The minimum atomic E-state index is 0.176. The highest BCUT2D eigenvalue weighted by molar-refractivity contribution is 9.10. The van der Waals surface area contributed by atoms with E-state index in [1.54, 1.807) is 0 Å². The van der Waals surface area contributed by atoms with Gasteiger partial charge in [0.2, 0.25) is 5.91 Å². The molecule has 0 aliphatic carbocycles. The quantitative estimate of drug-likeness (QED) is 0.894. The molecule has 1 unspecified atom stereocenters. The standard InChI is InChI=1S/C13H17BrN2O/c1-9-2-3-10(6-12(9)14)7-15-8-11-4-5-13(17)16-11/h2-3,6,11,15H,4-5,7-8H2,1H3,(H,16,17). The van der Waals surface area contributed by atoms with E-state index in [9.17, 15) is 4.79 Å². The van der Waals surface area contributed by atoms with Crippen LogP contribution in [0.15, 0.2) is 22.7 Å². The highest BCUT2D eigenvalue weighted by atomic mass is 79.9. The second-order valence-electron chi connectivity index (χ2n) is 4.52. The molecule has 0 aromatic heterocycles. The number of carbonyl (C=O) groups excluding carboxylic acids is 1. The lowest BCUT2D eigenvalue weighted by atomic mass is 10.1. The lowest BCUT2D eigenvalue weighted by molar-refractivity contribution is -0.119. The summed E-state index contributed by atoms with van der Waals surface area (Å²) in [7, 11) is 0. The van der Waals surface area contributed by atoms with Crippen molar-refractivity contribution >= 4 is 21.8 Å². The Bertz CT molecular complexity index is 420. The first-order valence-corrected chi connectivity index (χ1v) is 6.69. The molecule has 2 N–H and O–H groups in total. The molecule has 0 bridgehead atoms. The summed E-state index contributed by atoms with van der Waals surface area (Å²) < 4.78 is 1.14. The molecule has 4 heteroatoms. The van der Waals surface area contributed by atoms with Crippen LogP contribution in [0.5, 0.6) is 0 Å². The topological polar surface area (TPSA) is 41.1 Å². The van der Waals surface area contributed by atoms with Crippen LogP contribution < -0.4 is 10.6 Å². The van der Waals surface area contributed by atoms with Gasteiger partial charge in [-0.25, -0.2) is 0 Å². The molecule has 1 aliphatic heterocycles. The number of carbonyl (C=O) groups is 1. The molecule has 1 amide bonds. The SMILES string of the molecule is Cc1ccc(CNCC2CCC(=O)N2)cc1Br. The van der Waals surface area contributed by atoms with Gasteiger partial charge in [-0.15, -0.1) is 0 Å². The van der Waals surface area contributed by atoms with Crippen LogP contribution in [0.2, 0.25) is 0 Å². The van der Waals surface area contributed by atoms with Crippen LogP contribution in [0, 0.1) is 6.92 Å². The molecular weight excluding hydrogens is 280 g/mol. The van der Waals surface area contributed by atoms with Crippen molar-refractivity contribution < 1.29 is 4.79 Å². The molecule has 2 rings (SSSR count). The van der Waals surface area contributed by atoms with Crippen LogP contribution >= 0.6 is 15.9 Å². The Balaban J connectivity index is 1.78. The summed E-state index contributed by atoms with van der Waals surface area (Å²) in [6.45, 7) is 3.76. The fourth-order valence-electron chi connectivity index (χ4n) is 1.97. The van der Waals surface area contributed by atoms with Crippen LogP contribution in [0.1, 0.15) is 24.0 Å². The summed E-state index contributed by atoms with van der Waals surface area (Å²) >= 11 is 3.53. The van der Waals surface area contributed by atoms with Gasteiger partial charge in [-0.3, -0.25) is 4.79 Å². The van der Waals surface area contributed by atoms with Gasteiger partial charge >= 0.3 is 0 Å². The zero-order valence-electron chi connectivity index (χ0n) is 9.92. The molecule has 0 spiro atoms. The predicted octanol–water partition coefficient (Wildman–Crippen LogP) is 2.13. The fraction of sp³-hybridized carbons (Fsp3) is 0.462. The van der Waals surface area contributed by atoms with E-state index in [1.165, 1.54) is 11.1 Å². The van der Waals surface area contributed by atoms with Gasteiger partial charge in [-0.1, -0.05) is 28.1 Å². The van der Waals surface area contributed by atoms with Crippen molar-refractivity contribution in [3.05, 3.63) is 33.8 Å². The van der Waals surface area contributed by atoms with E-state index in [2.05, 4.69) is 51.7 Å². The number of hydrogen-bond acceptors (Lipinski definition) is 2. The summed E-state index contributed by atoms with van der Waals surface area (Å²) in [4.78, 5) is 11.0. The Morgan fingerprint density at radius 3 is 3.00 bits per heavy atom. The third kappa shape index (κ3) is 3.54. The van der Waals surface area contributed by atoms with Gasteiger partial charge in [0.25, 0.3) is 0 Å². The molecule has 1 heterocycles. The van der Waals surface area contributed by atoms with Crippen molar-refractivity contribution in [2.45, 2.75) is 32.4 Å². The number of nitrogens with one attached hydrogen (secondary N) is 2. The fourth-order valence-corrected chi connectivity index (χ4v) is 2.39. The third-order valence-electron chi connectivity index (χ3n) is 3.04. The van der Waals surface area contributed by atoms with Crippen LogP contribution in [0.25, 0.3) is 0 Å². The van der Waals surface area contributed by atoms with E-state index in [1.807, 2.05) is 0 Å². The first-order chi connectivity index (χ1) is 8.15. The maximum Gasteiger partial charge on any atom is 0.220 e. The number of aryl methyl sites for hydroxylation is 1. The first kappa shape index (κ1) is 12.6. The summed E-state index contributed by atoms with van der Waals surface area (Å²) in [6, 6.07) is 6.67. The number of rotatable bonds is 4. The minimum absolute atomic E-state index is 0.176. The monoisotopic (exact) mass is 296 g/mol. The van der Waals surface area contributed by atoms with E-state index >= 15 is 0 Å².